The van der Waals surface area contributed by atoms with Crippen LogP contribution in [-0.4, -0.2) is 29.5 Å². The maximum absolute atomic E-state index is 13.6. The third-order valence-electron chi connectivity index (χ3n) is 3.80. The van der Waals surface area contributed by atoms with Crippen LogP contribution in [0, 0.1) is 5.82 Å². The minimum absolute atomic E-state index is 0.0509. The van der Waals surface area contributed by atoms with Gasteiger partial charge in [-0.1, -0.05) is 6.07 Å². The van der Waals surface area contributed by atoms with Crippen LogP contribution in [-0.2, 0) is 9.84 Å². The van der Waals surface area contributed by atoms with Crippen molar-refractivity contribution in [2.45, 2.75) is 18.9 Å². The van der Waals surface area contributed by atoms with Crippen LogP contribution in [0.1, 0.15) is 18.9 Å². The smallest absolute Gasteiger partial charge is 0.304 e. The standard InChI is InChI=1S/C13H13FN2O4S/c14-10-3-1-2-9-11(10)15-13(18)16(12(9)17)8-4-6-21(19,20)7-5-8/h1-3,8H,4-7H2,(H,15,18). The fourth-order valence-corrected chi connectivity index (χ4v) is 4.15. The van der Waals surface area contributed by atoms with E-state index in [0.29, 0.717) is 0 Å². The van der Waals surface area contributed by atoms with Crippen molar-refractivity contribution in [2.75, 3.05) is 11.5 Å². The van der Waals surface area contributed by atoms with E-state index in [-0.39, 0.29) is 35.3 Å². The largest absolute Gasteiger partial charge is 0.329 e. The van der Waals surface area contributed by atoms with Crippen LogP contribution in [0.15, 0.2) is 27.8 Å². The Hall–Kier alpha value is -1.96. The molecule has 3 rings (SSSR count). The van der Waals surface area contributed by atoms with Gasteiger partial charge in [-0.15, -0.1) is 0 Å². The molecule has 0 aliphatic carbocycles. The van der Waals surface area contributed by atoms with Crippen LogP contribution in [0.5, 0.6) is 0 Å². The number of sulfone groups is 1. The summed E-state index contributed by atoms with van der Waals surface area (Å²) in [5.74, 6) is -0.768. The molecule has 1 aromatic heterocycles. The molecule has 2 heterocycles. The van der Waals surface area contributed by atoms with Gasteiger partial charge in [-0.2, -0.15) is 0 Å². The topological polar surface area (TPSA) is 89.0 Å². The summed E-state index contributed by atoms with van der Waals surface area (Å²) in [6.45, 7) is 0. The van der Waals surface area contributed by atoms with E-state index in [1.165, 1.54) is 12.1 Å². The molecular formula is C13H13FN2O4S. The Balaban J connectivity index is 2.16. The molecule has 112 valence electrons. The molecule has 6 nitrogen and oxygen atoms in total. The van der Waals surface area contributed by atoms with Crippen molar-refractivity contribution in [1.82, 2.24) is 9.55 Å². The molecule has 0 bridgehead atoms. The number of hydrogen-bond acceptors (Lipinski definition) is 4. The van der Waals surface area contributed by atoms with E-state index >= 15 is 0 Å². The summed E-state index contributed by atoms with van der Waals surface area (Å²) in [4.78, 5) is 26.8. The van der Waals surface area contributed by atoms with Gasteiger partial charge in [0.25, 0.3) is 5.56 Å². The molecular weight excluding hydrogens is 299 g/mol. The third-order valence-corrected chi connectivity index (χ3v) is 5.52. The number of nitrogens with one attached hydrogen (secondary N) is 1. The summed E-state index contributed by atoms with van der Waals surface area (Å²) >= 11 is 0. The van der Waals surface area contributed by atoms with Gasteiger partial charge in [0.05, 0.1) is 22.4 Å². The number of halogens is 1. The highest BCUT2D eigenvalue weighted by Crippen LogP contribution is 2.22. The molecule has 1 aliphatic heterocycles. The first kappa shape index (κ1) is 14.0. The number of H-pyrrole nitrogens is 1. The average Bonchev–Trinajstić information content (AvgIpc) is 2.42. The van der Waals surface area contributed by atoms with Gasteiger partial charge in [-0.25, -0.2) is 17.6 Å². The van der Waals surface area contributed by atoms with Crippen molar-refractivity contribution in [3.05, 3.63) is 44.9 Å². The summed E-state index contributed by atoms with van der Waals surface area (Å²) in [7, 11) is -3.09. The van der Waals surface area contributed by atoms with Crippen molar-refractivity contribution < 1.29 is 12.8 Å². The van der Waals surface area contributed by atoms with Gasteiger partial charge >= 0.3 is 5.69 Å². The minimum atomic E-state index is -3.09. The van der Waals surface area contributed by atoms with Crippen molar-refractivity contribution in [2.24, 2.45) is 0 Å². The Labute approximate surface area is 119 Å². The Morgan fingerprint density at radius 3 is 2.52 bits per heavy atom. The maximum Gasteiger partial charge on any atom is 0.329 e. The summed E-state index contributed by atoms with van der Waals surface area (Å²) in [6, 6.07) is 3.52. The van der Waals surface area contributed by atoms with E-state index in [0.717, 1.165) is 10.6 Å². The van der Waals surface area contributed by atoms with Crippen LogP contribution >= 0.6 is 0 Å². The fraction of sp³-hybridized carbons (Fsp3) is 0.385. The van der Waals surface area contributed by atoms with Gasteiger partial charge in [0.15, 0.2) is 0 Å². The number of hydrogen-bond donors (Lipinski definition) is 1. The first-order valence-electron chi connectivity index (χ1n) is 6.52. The second-order valence-electron chi connectivity index (χ2n) is 5.15. The van der Waals surface area contributed by atoms with Crippen LogP contribution in [0.4, 0.5) is 4.39 Å². The predicted molar refractivity (Wildman–Crippen MR) is 75.7 cm³/mol. The van der Waals surface area contributed by atoms with Gasteiger partial charge in [-0.3, -0.25) is 9.36 Å². The van der Waals surface area contributed by atoms with E-state index in [1.54, 1.807) is 0 Å². The van der Waals surface area contributed by atoms with Gasteiger partial charge < -0.3 is 4.98 Å². The minimum Gasteiger partial charge on any atom is -0.304 e. The number of para-hydroxylation sites is 1. The lowest BCUT2D eigenvalue weighted by Crippen LogP contribution is -2.41. The Kier molecular flexibility index (Phi) is 3.20. The Morgan fingerprint density at radius 1 is 1.19 bits per heavy atom. The molecule has 0 saturated carbocycles. The molecule has 2 aromatic rings. The van der Waals surface area contributed by atoms with Gasteiger partial charge in [0.2, 0.25) is 0 Å². The number of fused-ring (bicyclic) bond motifs is 1. The van der Waals surface area contributed by atoms with Crippen LogP contribution in [0.25, 0.3) is 10.9 Å². The molecule has 1 saturated heterocycles. The molecule has 8 heteroatoms. The maximum atomic E-state index is 13.6. The number of rotatable bonds is 1. The van der Waals surface area contributed by atoms with Crippen molar-refractivity contribution in [1.29, 1.82) is 0 Å². The molecule has 0 atom stereocenters. The Morgan fingerprint density at radius 2 is 1.86 bits per heavy atom. The van der Waals surface area contributed by atoms with E-state index in [4.69, 9.17) is 0 Å². The van der Waals surface area contributed by atoms with Crippen molar-refractivity contribution >= 4 is 20.7 Å². The van der Waals surface area contributed by atoms with Crippen LogP contribution in [0.3, 0.4) is 0 Å². The highest BCUT2D eigenvalue weighted by atomic mass is 32.2. The van der Waals surface area contributed by atoms with Crippen LogP contribution in [0.2, 0.25) is 0 Å². The number of aromatic nitrogens is 2. The second kappa shape index (κ2) is 4.80. The first-order chi connectivity index (χ1) is 9.89. The van der Waals surface area contributed by atoms with Crippen LogP contribution < -0.4 is 11.2 Å². The van der Waals surface area contributed by atoms with E-state index in [2.05, 4.69) is 4.98 Å². The van der Waals surface area contributed by atoms with Gasteiger partial charge in [-0.05, 0) is 25.0 Å². The lowest BCUT2D eigenvalue weighted by molar-refractivity contribution is 0.425. The summed E-state index contributed by atoms with van der Waals surface area (Å²) in [5, 5.41) is 0.0861. The summed E-state index contributed by atoms with van der Waals surface area (Å²) in [6.07, 6.45) is 0.429. The molecule has 1 aromatic carbocycles. The quantitative estimate of drug-likeness (QED) is 0.834. The number of nitrogens with zero attached hydrogens (tertiary/aromatic N) is 1. The fourth-order valence-electron chi connectivity index (χ4n) is 2.69. The summed E-state index contributed by atoms with van der Waals surface area (Å²) in [5.41, 5.74) is -1.41. The van der Waals surface area contributed by atoms with E-state index in [9.17, 15) is 22.4 Å². The Bertz CT molecular complexity index is 915. The molecule has 1 aliphatic rings. The third kappa shape index (κ3) is 2.39. The number of benzene rings is 1. The van der Waals surface area contributed by atoms with E-state index in [1.807, 2.05) is 0 Å². The zero-order valence-corrected chi connectivity index (χ0v) is 11.8. The SMILES string of the molecule is O=c1[nH]c2c(F)cccc2c(=O)n1C1CCS(=O)(=O)CC1. The molecule has 0 radical (unpaired) electrons. The molecule has 0 amide bonds. The molecule has 0 spiro atoms. The normalized spacial score (nSPS) is 18.9. The zero-order valence-electron chi connectivity index (χ0n) is 11.0. The monoisotopic (exact) mass is 312 g/mol. The lowest BCUT2D eigenvalue weighted by atomic mass is 10.1. The molecule has 0 unspecified atom stereocenters. The highest BCUT2D eigenvalue weighted by molar-refractivity contribution is 7.91. The predicted octanol–water partition coefficient (Wildman–Crippen LogP) is 0.579. The first-order valence-corrected chi connectivity index (χ1v) is 8.35. The van der Waals surface area contributed by atoms with Gasteiger partial charge in [0.1, 0.15) is 15.7 Å². The second-order valence-corrected chi connectivity index (χ2v) is 7.45. The zero-order chi connectivity index (χ0) is 15.2. The summed E-state index contributed by atoms with van der Waals surface area (Å²) < 4.78 is 37.5. The highest BCUT2D eigenvalue weighted by Gasteiger charge is 2.27. The lowest BCUT2D eigenvalue weighted by Gasteiger charge is -2.23. The number of aromatic amines is 1. The molecule has 1 fully saturated rings. The molecule has 21 heavy (non-hydrogen) atoms. The van der Waals surface area contributed by atoms with E-state index < -0.39 is 32.9 Å². The van der Waals surface area contributed by atoms with Crippen molar-refractivity contribution in [3.8, 4) is 0 Å². The molecule has 1 N–H and O–H groups in total. The van der Waals surface area contributed by atoms with Crippen molar-refractivity contribution in [3.63, 3.8) is 0 Å². The average molecular weight is 312 g/mol. The van der Waals surface area contributed by atoms with Gasteiger partial charge in [0, 0.05) is 6.04 Å².